The molecule has 0 unspecified atom stereocenters. The van der Waals surface area contributed by atoms with Gasteiger partial charge in [0.25, 0.3) is 0 Å². The molecule has 0 aliphatic heterocycles. The highest BCUT2D eigenvalue weighted by molar-refractivity contribution is 5.81. The molecule has 0 aromatic carbocycles. The SMILES string of the molecule is CC(C)OC(=O)C[C@@H](O)CNC(=O)C(F)(F)F. The molecule has 0 aliphatic rings. The van der Waals surface area contributed by atoms with Gasteiger partial charge in [-0.25, -0.2) is 0 Å². The van der Waals surface area contributed by atoms with E-state index >= 15 is 0 Å². The molecular formula is C9H14F3NO4. The molecule has 0 saturated heterocycles. The summed E-state index contributed by atoms with van der Waals surface area (Å²) in [7, 11) is 0. The van der Waals surface area contributed by atoms with Gasteiger partial charge in [-0.3, -0.25) is 9.59 Å². The molecule has 0 aromatic rings. The number of halogens is 3. The van der Waals surface area contributed by atoms with Gasteiger partial charge in [0.15, 0.2) is 0 Å². The van der Waals surface area contributed by atoms with Crippen LogP contribution < -0.4 is 5.32 Å². The predicted octanol–water partition coefficient (Wildman–Crippen LogP) is 0.367. The molecule has 0 spiro atoms. The first-order chi connectivity index (χ1) is 7.62. The lowest BCUT2D eigenvalue weighted by atomic mass is 10.2. The fraction of sp³-hybridized carbons (Fsp3) is 0.778. The van der Waals surface area contributed by atoms with Gasteiger partial charge in [0.05, 0.1) is 18.6 Å². The molecule has 1 atom stereocenters. The third-order valence-corrected chi connectivity index (χ3v) is 1.53. The number of ether oxygens (including phenoxy) is 1. The van der Waals surface area contributed by atoms with Gasteiger partial charge in [-0.15, -0.1) is 0 Å². The van der Waals surface area contributed by atoms with Gasteiger partial charge in [0.1, 0.15) is 0 Å². The lowest BCUT2D eigenvalue weighted by Crippen LogP contribution is -2.41. The summed E-state index contributed by atoms with van der Waals surface area (Å²) < 4.78 is 39.9. The largest absolute Gasteiger partial charge is 0.471 e. The molecule has 17 heavy (non-hydrogen) atoms. The molecule has 0 fully saturated rings. The van der Waals surface area contributed by atoms with Crippen molar-refractivity contribution < 1.29 is 32.6 Å². The molecule has 2 N–H and O–H groups in total. The highest BCUT2D eigenvalue weighted by atomic mass is 19.4. The summed E-state index contributed by atoms with van der Waals surface area (Å²) in [4.78, 5) is 21.4. The molecule has 5 nitrogen and oxygen atoms in total. The Balaban J connectivity index is 3.92. The van der Waals surface area contributed by atoms with Crippen molar-refractivity contribution in [3.63, 3.8) is 0 Å². The van der Waals surface area contributed by atoms with Crippen LogP contribution in [0.3, 0.4) is 0 Å². The van der Waals surface area contributed by atoms with Crippen LogP contribution in [-0.2, 0) is 14.3 Å². The van der Waals surface area contributed by atoms with Gasteiger partial charge in [-0.2, -0.15) is 13.2 Å². The van der Waals surface area contributed by atoms with E-state index in [2.05, 4.69) is 4.74 Å². The summed E-state index contributed by atoms with van der Waals surface area (Å²) in [6.45, 7) is 2.52. The van der Waals surface area contributed by atoms with Crippen LogP contribution in [0.25, 0.3) is 0 Å². The van der Waals surface area contributed by atoms with Crippen LogP contribution in [0, 0.1) is 0 Å². The summed E-state index contributed by atoms with van der Waals surface area (Å²) in [6.07, 6.45) is -7.26. The third-order valence-electron chi connectivity index (χ3n) is 1.53. The van der Waals surface area contributed by atoms with E-state index in [9.17, 15) is 22.8 Å². The summed E-state index contributed by atoms with van der Waals surface area (Å²) in [5, 5.41) is 10.6. The van der Waals surface area contributed by atoms with Gasteiger partial charge in [0, 0.05) is 6.54 Å². The highest BCUT2D eigenvalue weighted by Crippen LogP contribution is 2.13. The van der Waals surface area contributed by atoms with Gasteiger partial charge in [-0.05, 0) is 13.8 Å². The fourth-order valence-corrected chi connectivity index (χ4v) is 0.886. The second-order valence-electron chi connectivity index (χ2n) is 3.60. The number of hydrogen-bond donors (Lipinski definition) is 2. The van der Waals surface area contributed by atoms with Crippen molar-refractivity contribution in [2.24, 2.45) is 0 Å². The van der Waals surface area contributed by atoms with Crippen LogP contribution in [-0.4, -0.2) is 41.9 Å². The number of amides is 1. The van der Waals surface area contributed by atoms with Crippen molar-refractivity contribution in [3.05, 3.63) is 0 Å². The lowest BCUT2D eigenvalue weighted by Gasteiger charge is -2.13. The molecule has 0 radical (unpaired) electrons. The van der Waals surface area contributed by atoms with Crippen molar-refractivity contribution in [1.29, 1.82) is 0 Å². The van der Waals surface area contributed by atoms with Crippen LogP contribution in [0.4, 0.5) is 13.2 Å². The number of aliphatic hydroxyl groups excluding tert-OH is 1. The maximum absolute atomic E-state index is 11.7. The molecular weight excluding hydrogens is 243 g/mol. The average Bonchev–Trinajstić information content (AvgIpc) is 2.10. The number of alkyl halides is 3. The maximum Gasteiger partial charge on any atom is 0.471 e. The number of carbonyl (C=O) groups excluding carboxylic acids is 2. The van der Waals surface area contributed by atoms with E-state index in [1.165, 1.54) is 5.32 Å². The van der Waals surface area contributed by atoms with Crippen LogP contribution in [0.5, 0.6) is 0 Å². The second-order valence-corrected chi connectivity index (χ2v) is 3.60. The van der Waals surface area contributed by atoms with E-state index in [1.54, 1.807) is 13.8 Å². The Morgan fingerprint density at radius 2 is 1.88 bits per heavy atom. The van der Waals surface area contributed by atoms with Crippen molar-refractivity contribution in [3.8, 4) is 0 Å². The number of aliphatic hydroxyl groups is 1. The molecule has 0 saturated carbocycles. The van der Waals surface area contributed by atoms with E-state index in [-0.39, 0.29) is 6.10 Å². The monoisotopic (exact) mass is 257 g/mol. The zero-order valence-electron chi connectivity index (χ0n) is 9.37. The van der Waals surface area contributed by atoms with Gasteiger partial charge in [0.2, 0.25) is 0 Å². The number of nitrogens with one attached hydrogen (secondary N) is 1. The smallest absolute Gasteiger partial charge is 0.463 e. The first-order valence-electron chi connectivity index (χ1n) is 4.85. The third kappa shape index (κ3) is 7.56. The quantitative estimate of drug-likeness (QED) is 0.698. The van der Waals surface area contributed by atoms with Crippen LogP contribution in [0.15, 0.2) is 0 Å². The molecule has 0 bridgehead atoms. The Morgan fingerprint density at radius 3 is 2.29 bits per heavy atom. The first-order valence-corrected chi connectivity index (χ1v) is 4.85. The normalized spacial score (nSPS) is 13.4. The van der Waals surface area contributed by atoms with Crippen molar-refractivity contribution >= 4 is 11.9 Å². The second kappa shape index (κ2) is 6.43. The van der Waals surface area contributed by atoms with E-state index < -0.39 is 37.1 Å². The number of rotatable bonds is 5. The average molecular weight is 257 g/mol. The van der Waals surface area contributed by atoms with E-state index in [0.717, 1.165) is 0 Å². The number of hydrogen-bond acceptors (Lipinski definition) is 4. The number of carbonyl (C=O) groups is 2. The molecule has 1 amide bonds. The summed E-state index contributed by atoms with van der Waals surface area (Å²) in [6, 6.07) is 0. The van der Waals surface area contributed by atoms with Gasteiger partial charge < -0.3 is 15.2 Å². The van der Waals surface area contributed by atoms with Crippen LogP contribution in [0.2, 0.25) is 0 Å². The molecule has 0 aliphatic carbocycles. The topological polar surface area (TPSA) is 75.6 Å². The van der Waals surface area contributed by atoms with Gasteiger partial charge >= 0.3 is 18.1 Å². The summed E-state index contributed by atoms with van der Waals surface area (Å²) in [5.74, 6) is -2.90. The fourth-order valence-electron chi connectivity index (χ4n) is 0.886. The Morgan fingerprint density at radius 1 is 1.35 bits per heavy atom. The van der Waals surface area contributed by atoms with Crippen molar-refractivity contribution in [2.75, 3.05) is 6.54 Å². The minimum atomic E-state index is -5.00. The minimum absolute atomic E-state index is 0.375. The van der Waals surface area contributed by atoms with Crippen LogP contribution >= 0.6 is 0 Å². The van der Waals surface area contributed by atoms with Crippen LogP contribution in [0.1, 0.15) is 20.3 Å². The maximum atomic E-state index is 11.7. The summed E-state index contributed by atoms with van der Waals surface area (Å²) >= 11 is 0. The van der Waals surface area contributed by atoms with E-state index in [1.807, 2.05) is 0 Å². The molecule has 0 aromatic heterocycles. The molecule has 0 rings (SSSR count). The van der Waals surface area contributed by atoms with E-state index in [4.69, 9.17) is 5.11 Å². The van der Waals surface area contributed by atoms with Gasteiger partial charge in [-0.1, -0.05) is 0 Å². The Hall–Kier alpha value is -1.31. The zero-order valence-corrected chi connectivity index (χ0v) is 9.37. The zero-order chi connectivity index (χ0) is 13.6. The number of esters is 1. The van der Waals surface area contributed by atoms with Crippen molar-refractivity contribution in [1.82, 2.24) is 5.32 Å². The molecule has 8 heteroatoms. The Labute approximate surface area is 95.9 Å². The molecule has 0 heterocycles. The summed E-state index contributed by atoms with van der Waals surface area (Å²) in [5.41, 5.74) is 0. The molecule has 100 valence electrons. The lowest BCUT2D eigenvalue weighted by molar-refractivity contribution is -0.174. The highest BCUT2D eigenvalue weighted by Gasteiger charge is 2.38. The Kier molecular flexibility index (Phi) is 5.94. The minimum Gasteiger partial charge on any atom is -0.463 e. The standard InChI is InChI=1S/C9H14F3NO4/c1-5(2)17-7(15)3-6(14)4-13-8(16)9(10,11)12/h5-6,14H,3-4H2,1-2H3,(H,13,16)/t6-/m1/s1. The van der Waals surface area contributed by atoms with E-state index in [0.29, 0.717) is 0 Å². The predicted molar refractivity (Wildman–Crippen MR) is 50.9 cm³/mol. The first kappa shape index (κ1) is 15.7. The van der Waals surface area contributed by atoms with Crippen molar-refractivity contribution in [2.45, 2.75) is 38.7 Å². The Bertz CT molecular complexity index is 278.